The van der Waals surface area contributed by atoms with Gasteiger partial charge in [0.1, 0.15) is 0 Å². The van der Waals surface area contributed by atoms with Crippen molar-refractivity contribution in [3.63, 3.8) is 0 Å². The van der Waals surface area contributed by atoms with Crippen LogP contribution in [-0.4, -0.2) is 54.5 Å². The number of hydrogen-bond acceptors (Lipinski definition) is 4. The van der Waals surface area contributed by atoms with Gasteiger partial charge in [-0.2, -0.15) is 0 Å². The third-order valence-electron chi connectivity index (χ3n) is 5.07. The SMILES string of the molecule is CCc1ccc2[nH]c(=O)c(CN(C[C@H]3CCCO3)C(=S)NCCOC)cc2c1. The third-order valence-corrected chi connectivity index (χ3v) is 5.48. The van der Waals surface area contributed by atoms with Gasteiger partial charge >= 0.3 is 0 Å². The van der Waals surface area contributed by atoms with E-state index < -0.39 is 0 Å². The number of benzene rings is 1. The van der Waals surface area contributed by atoms with Gasteiger partial charge in [0, 0.05) is 37.9 Å². The van der Waals surface area contributed by atoms with E-state index in [1.807, 2.05) is 17.0 Å². The highest BCUT2D eigenvalue weighted by molar-refractivity contribution is 7.80. The first kappa shape index (κ1) is 20.8. The quantitative estimate of drug-likeness (QED) is 0.522. The molecule has 1 aliphatic heterocycles. The largest absolute Gasteiger partial charge is 0.383 e. The van der Waals surface area contributed by atoms with Gasteiger partial charge < -0.3 is 24.7 Å². The molecular formula is C21H29N3O3S. The summed E-state index contributed by atoms with van der Waals surface area (Å²) in [6.07, 6.45) is 3.20. The first-order chi connectivity index (χ1) is 13.6. The molecule has 6 nitrogen and oxygen atoms in total. The molecule has 2 heterocycles. The summed E-state index contributed by atoms with van der Waals surface area (Å²) < 4.78 is 10.9. The van der Waals surface area contributed by atoms with E-state index >= 15 is 0 Å². The Bertz CT molecular complexity index is 862. The lowest BCUT2D eigenvalue weighted by Crippen LogP contribution is -2.44. The summed E-state index contributed by atoms with van der Waals surface area (Å²) in [5.74, 6) is 0. The fraction of sp³-hybridized carbons (Fsp3) is 0.524. The Labute approximate surface area is 171 Å². The second-order valence-electron chi connectivity index (χ2n) is 7.14. The number of methoxy groups -OCH3 is 1. The first-order valence-electron chi connectivity index (χ1n) is 9.89. The van der Waals surface area contributed by atoms with Gasteiger partial charge in [-0.15, -0.1) is 0 Å². The average Bonchev–Trinajstić information content (AvgIpc) is 3.21. The van der Waals surface area contributed by atoms with Crippen molar-refractivity contribution in [1.82, 2.24) is 15.2 Å². The van der Waals surface area contributed by atoms with Crippen LogP contribution in [0, 0.1) is 0 Å². The zero-order valence-corrected chi connectivity index (χ0v) is 17.4. The Morgan fingerprint density at radius 2 is 2.29 bits per heavy atom. The number of thiocarbonyl (C=S) groups is 1. The number of pyridine rings is 1. The molecule has 0 saturated carbocycles. The number of ether oxygens (including phenoxy) is 2. The molecule has 0 radical (unpaired) electrons. The lowest BCUT2D eigenvalue weighted by molar-refractivity contribution is 0.0895. The standard InChI is InChI=1S/C21H29N3O3S/c1-3-15-6-7-19-16(11-15)12-17(20(25)23-19)13-24(14-18-5-4-9-27-18)21(28)22-8-10-26-2/h6-7,11-12,18H,3-5,8-10,13-14H2,1-2H3,(H,22,28)(H,23,25)/t18-/m1/s1. The summed E-state index contributed by atoms with van der Waals surface area (Å²) in [5, 5.41) is 4.88. The second kappa shape index (κ2) is 10.0. The summed E-state index contributed by atoms with van der Waals surface area (Å²) in [4.78, 5) is 17.7. The van der Waals surface area contributed by atoms with Crippen LogP contribution in [0.5, 0.6) is 0 Å². The lowest BCUT2D eigenvalue weighted by atomic mass is 10.1. The van der Waals surface area contributed by atoms with Gasteiger partial charge in [0.25, 0.3) is 5.56 Å². The van der Waals surface area contributed by atoms with Crippen LogP contribution in [0.2, 0.25) is 0 Å². The summed E-state index contributed by atoms with van der Waals surface area (Å²) in [6, 6.07) is 8.14. The minimum Gasteiger partial charge on any atom is -0.383 e. The molecule has 28 heavy (non-hydrogen) atoms. The van der Waals surface area contributed by atoms with E-state index in [0.29, 0.717) is 36.9 Å². The van der Waals surface area contributed by atoms with Crippen molar-refractivity contribution >= 4 is 28.2 Å². The van der Waals surface area contributed by atoms with Crippen LogP contribution in [0.4, 0.5) is 0 Å². The van der Waals surface area contributed by atoms with Gasteiger partial charge in [0.15, 0.2) is 5.11 Å². The van der Waals surface area contributed by atoms with Crippen molar-refractivity contribution in [3.8, 4) is 0 Å². The van der Waals surface area contributed by atoms with Gasteiger partial charge in [-0.3, -0.25) is 4.79 Å². The number of hydrogen-bond donors (Lipinski definition) is 2. The van der Waals surface area contributed by atoms with E-state index in [-0.39, 0.29) is 11.7 Å². The van der Waals surface area contributed by atoms with E-state index in [4.69, 9.17) is 21.7 Å². The van der Waals surface area contributed by atoms with Crippen LogP contribution in [0.1, 0.15) is 30.9 Å². The number of nitrogens with zero attached hydrogens (tertiary/aromatic N) is 1. The predicted molar refractivity (Wildman–Crippen MR) is 116 cm³/mol. The molecule has 152 valence electrons. The van der Waals surface area contributed by atoms with Crippen molar-refractivity contribution < 1.29 is 9.47 Å². The molecule has 0 aliphatic carbocycles. The van der Waals surface area contributed by atoms with Crippen LogP contribution in [0.3, 0.4) is 0 Å². The summed E-state index contributed by atoms with van der Waals surface area (Å²) in [7, 11) is 1.66. The van der Waals surface area contributed by atoms with E-state index in [2.05, 4.69) is 29.4 Å². The highest BCUT2D eigenvalue weighted by atomic mass is 32.1. The van der Waals surface area contributed by atoms with Gasteiger partial charge in [-0.1, -0.05) is 13.0 Å². The Balaban J connectivity index is 1.82. The molecule has 7 heteroatoms. The molecule has 1 aromatic carbocycles. The Kier molecular flexibility index (Phi) is 7.42. The maximum Gasteiger partial charge on any atom is 0.253 e. The number of fused-ring (bicyclic) bond motifs is 1. The second-order valence-corrected chi connectivity index (χ2v) is 7.53. The molecule has 2 N–H and O–H groups in total. The number of nitrogens with one attached hydrogen (secondary N) is 2. The van der Waals surface area contributed by atoms with Gasteiger partial charge in [-0.25, -0.2) is 0 Å². The van der Waals surface area contributed by atoms with Crippen molar-refractivity contribution in [1.29, 1.82) is 0 Å². The van der Waals surface area contributed by atoms with Crippen molar-refractivity contribution in [2.24, 2.45) is 0 Å². The molecular weight excluding hydrogens is 374 g/mol. The molecule has 1 fully saturated rings. The molecule has 1 atom stereocenters. The normalized spacial score (nSPS) is 16.4. The zero-order chi connectivity index (χ0) is 19.9. The highest BCUT2D eigenvalue weighted by Crippen LogP contribution is 2.17. The molecule has 3 rings (SSSR count). The topological polar surface area (TPSA) is 66.6 Å². The summed E-state index contributed by atoms with van der Waals surface area (Å²) in [6.45, 7) is 5.24. The monoisotopic (exact) mass is 403 g/mol. The van der Waals surface area contributed by atoms with E-state index in [1.165, 1.54) is 5.56 Å². The summed E-state index contributed by atoms with van der Waals surface area (Å²) >= 11 is 5.59. The van der Waals surface area contributed by atoms with Crippen molar-refractivity contribution in [2.75, 3.05) is 33.4 Å². The number of aromatic amines is 1. The number of rotatable bonds is 8. The first-order valence-corrected chi connectivity index (χ1v) is 10.3. The zero-order valence-electron chi connectivity index (χ0n) is 16.6. The van der Waals surface area contributed by atoms with Crippen LogP contribution in [0.25, 0.3) is 10.9 Å². The molecule has 1 aromatic heterocycles. The minimum atomic E-state index is -0.0752. The predicted octanol–water partition coefficient (Wildman–Crippen LogP) is 2.59. The minimum absolute atomic E-state index is 0.0752. The van der Waals surface area contributed by atoms with Crippen LogP contribution in [-0.2, 0) is 22.4 Å². The van der Waals surface area contributed by atoms with Crippen LogP contribution in [0.15, 0.2) is 29.1 Å². The third kappa shape index (κ3) is 5.31. The molecule has 1 aliphatic rings. The van der Waals surface area contributed by atoms with Crippen molar-refractivity contribution in [3.05, 3.63) is 45.7 Å². The van der Waals surface area contributed by atoms with Gasteiger partial charge in [0.2, 0.25) is 0 Å². The molecule has 0 bridgehead atoms. The van der Waals surface area contributed by atoms with E-state index in [1.54, 1.807) is 7.11 Å². The fourth-order valence-electron chi connectivity index (χ4n) is 3.47. The Morgan fingerprint density at radius 3 is 3.00 bits per heavy atom. The van der Waals surface area contributed by atoms with Crippen LogP contribution < -0.4 is 10.9 Å². The van der Waals surface area contributed by atoms with Crippen molar-refractivity contribution in [2.45, 2.75) is 38.8 Å². The number of H-pyrrole nitrogens is 1. The maximum absolute atomic E-state index is 12.6. The van der Waals surface area contributed by atoms with E-state index in [0.717, 1.165) is 36.8 Å². The molecule has 0 unspecified atom stereocenters. The molecule has 0 spiro atoms. The summed E-state index contributed by atoms with van der Waals surface area (Å²) in [5.41, 5.74) is 2.74. The molecule has 1 saturated heterocycles. The number of aromatic nitrogens is 1. The molecule has 2 aromatic rings. The van der Waals surface area contributed by atoms with Gasteiger partial charge in [-0.05, 0) is 60.6 Å². The smallest absolute Gasteiger partial charge is 0.253 e. The Morgan fingerprint density at radius 1 is 1.43 bits per heavy atom. The fourth-order valence-corrected chi connectivity index (χ4v) is 3.71. The van der Waals surface area contributed by atoms with E-state index in [9.17, 15) is 4.79 Å². The highest BCUT2D eigenvalue weighted by Gasteiger charge is 2.22. The average molecular weight is 404 g/mol. The molecule has 0 amide bonds. The maximum atomic E-state index is 12.6. The lowest BCUT2D eigenvalue weighted by Gasteiger charge is -2.28. The Hall–Kier alpha value is -1.96. The van der Waals surface area contributed by atoms with Crippen LogP contribution >= 0.6 is 12.2 Å². The van der Waals surface area contributed by atoms with Gasteiger partial charge in [0.05, 0.1) is 19.3 Å². The number of aryl methyl sites for hydroxylation is 1.